The second-order valence-electron chi connectivity index (χ2n) is 8.33. The van der Waals surface area contributed by atoms with Gasteiger partial charge in [0.15, 0.2) is 5.50 Å². The third kappa shape index (κ3) is 6.37. The molecule has 0 radical (unpaired) electrons. The van der Waals surface area contributed by atoms with Crippen LogP contribution in [0.1, 0.15) is 39.5 Å². The highest BCUT2D eigenvalue weighted by Gasteiger charge is 2.27. The van der Waals surface area contributed by atoms with Gasteiger partial charge in [-0.3, -0.25) is 4.79 Å². The van der Waals surface area contributed by atoms with E-state index >= 15 is 0 Å². The van der Waals surface area contributed by atoms with Gasteiger partial charge in [0.05, 0.1) is 10.5 Å². The maximum absolute atomic E-state index is 12.6. The number of carboxylic acids is 1. The second kappa shape index (κ2) is 11.6. The first kappa shape index (κ1) is 25.1. The highest BCUT2D eigenvalue weighted by Crippen LogP contribution is 2.31. The van der Waals surface area contributed by atoms with Gasteiger partial charge in [0.25, 0.3) is 5.91 Å². The average molecular weight is 501 g/mol. The molecule has 1 heterocycles. The van der Waals surface area contributed by atoms with Crippen LogP contribution in [0.4, 0.5) is 5.69 Å². The fourth-order valence-electron chi connectivity index (χ4n) is 3.75. The first-order chi connectivity index (χ1) is 17.4. The number of benzene rings is 3. The monoisotopic (exact) mass is 500 g/mol. The van der Waals surface area contributed by atoms with Gasteiger partial charge in [-0.2, -0.15) is 0 Å². The molecule has 1 aliphatic heterocycles. The minimum atomic E-state index is -0.956. The maximum atomic E-state index is 12.6. The minimum Gasteiger partial charge on any atom is -0.489 e. The minimum absolute atomic E-state index is 0.113. The van der Waals surface area contributed by atoms with Crippen molar-refractivity contribution in [2.75, 3.05) is 5.32 Å². The zero-order valence-electron chi connectivity index (χ0n) is 20.0. The predicted molar refractivity (Wildman–Crippen MR) is 145 cm³/mol. The lowest BCUT2D eigenvalue weighted by Gasteiger charge is -2.13. The zero-order chi connectivity index (χ0) is 25.5. The Kier molecular flexibility index (Phi) is 8.13. The molecule has 4 rings (SSSR count). The molecule has 1 aliphatic rings. The number of carboxylic acid groups (broad SMARTS) is 1. The molecule has 36 heavy (non-hydrogen) atoms. The molecule has 0 saturated carbocycles. The van der Waals surface area contributed by atoms with Crippen LogP contribution in [0.3, 0.4) is 0 Å². The largest absolute Gasteiger partial charge is 0.489 e. The van der Waals surface area contributed by atoms with Crippen LogP contribution in [0.15, 0.2) is 84.3 Å². The molecule has 7 heteroatoms. The SMILES string of the molecule is C=CCc1cc(/C=C2\S[C@H](Nc3ccc(CC)cc3)NC2=O)ccc1OCc1ccc(C(=O)O)cc1. The molecule has 3 aromatic carbocycles. The van der Waals surface area contributed by atoms with Crippen molar-refractivity contribution in [3.8, 4) is 5.75 Å². The number of anilines is 1. The lowest BCUT2D eigenvalue weighted by Crippen LogP contribution is -2.30. The van der Waals surface area contributed by atoms with Crippen LogP contribution in [0.5, 0.6) is 5.75 Å². The number of rotatable bonds is 10. The molecule has 0 spiro atoms. The Labute approximate surface area is 215 Å². The summed E-state index contributed by atoms with van der Waals surface area (Å²) in [5.41, 5.74) is 4.95. The van der Waals surface area contributed by atoms with Gasteiger partial charge in [-0.25, -0.2) is 4.79 Å². The molecule has 0 unspecified atom stereocenters. The highest BCUT2D eigenvalue weighted by molar-refractivity contribution is 8.05. The van der Waals surface area contributed by atoms with Crippen LogP contribution < -0.4 is 15.4 Å². The quantitative estimate of drug-likeness (QED) is 0.239. The summed E-state index contributed by atoms with van der Waals surface area (Å²) in [6.45, 7) is 6.28. The fraction of sp³-hybridized carbons (Fsp3) is 0.172. The van der Waals surface area contributed by atoms with Crippen LogP contribution in [-0.4, -0.2) is 22.5 Å². The van der Waals surface area contributed by atoms with E-state index in [1.54, 1.807) is 24.3 Å². The van der Waals surface area contributed by atoms with Gasteiger partial charge in [0.1, 0.15) is 12.4 Å². The van der Waals surface area contributed by atoms with E-state index in [1.807, 2.05) is 42.5 Å². The van der Waals surface area contributed by atoms with E-state index in [4.69, 9.17) is 9.84 Å². The normalized spacial score (nSPS) is 16.0. The fourth-order valence-corrected chi connectivity index (χ4v) is 4.74. The number of aromatic carboxylic acids is 1. The molecule has 0 aromatic heterocycles. The van der Waals surface area contributed by atoms with E-state index < -0.39 is 5.97 Å². The van der Waals surface area contributed by atoms with Gasteiger partial charge >= 0.3 is 5.97 Å². The Hall–Kier alpha value is -3.97. The van der Waals surface area contributed by atoms with E-state index in [9.17, 15) is 9.59 Å². The summed E-state index contributed by atoms with van der Waals surface area (Å²) in [6.07, 6.45) is 5.28. The van der Waals surface area contributed by atoms with Gasteiger partial charge in [-0.1, -0.05) is 55.1 Å². The number of hydrogen-bond acceptors (Lipinski definition) is 5. The van der Waals surface area contributed by atoms with Crippen molar-refractivity contribution in [2.24, 2.45) is 0 Å². The number of carbonyl (C=O) groups excluding carboxylic acids is 1. The Balaban J connectivity index is 1.43. The molecular weight excluding hydrogens is 472 g/mol. The van der Waals surface area contributed by atoms with E-state index in [1.165, 1.54) is 17.3 Å². The van der Waals surface area contributed by atoms with Crippen molar-refractivity contribution in [3.05, 3.63) is 112 Å². The molecule has 3 aromatic rings. The number of amides is 1. The summed E-state index contributed by atoms with van der Waals surface area (Å²) in [4.78, 5) is 24.2. The third-order valence-corrected chi connectivity index (χ3v) is 6.76. The molecular formula is C29H28N2O4S. The van der Waals surface area contributed by atoms with Crippen molar-refractivity contribution in [2.45, 2.75) is 31.9 Å². The second-order valence-corrected chi connectivity index (χ2v) is 9.47. The topological polar surface area (TPSA) is 87.7 Å². The van der Waals surface area contributed by atoms with Crippen molar-refractivity contribution >= 4 is 35.4 Å². The van der Waals surface area contributed by atoms with Gasteiger partial charge in [-0.05, 0) is 77.6 Å². The summed E-state index contributed by atoms with van der Waals surface area (Å²) < 4.78 is 6.01. The van der Waals surface area contributed by atoms with E-state index in [2.05, 4.69) is 36.3 Å². The summed E-state index contributed by atoms with van der Waals surface area (Å²) >= 11 is 1.45. The Morgan fingerprint density at radius 2 is 1.83 bits per heavy atom. The molecule has 184 valence electrons. The summed E-state index contributed by atoms with van der Waals surface area (Å²) in [5.74, 6) is -0.349. The number of thioether (sulfide) groups is 1. The van der Waals surface area contributed by atoms with Crippen molar-refractivity contribution < 1.29 is 19.4 Å². The maximum Gasteiger partial charge on any atom is 0.335 e. The number of ether oxygens (including phenoxy) is 1. The smallest absolute Gasteiger partial charge is 0.335 e. The first-order valence-electron chi connectivity index (χ1n) is 11.7. The molecule has 1 saturated heterocycles. The van der Waals surface area contributed by atoms with Gasteiger partial charge < -0.3 is 20.5 Å². The van der Waals surface area contributed by atoms with Crippen LogP contribution in [0.2, 0.25) is 0 Å². The molecule has 1 amide bonds. The molecule has 3 N–H and O–H groups in total. The van der Waals surface area contributed by atoms with Crippen molar-refractivity contribution in [3.63, 3.8) is 0 Å². The number of aryl methyl sites for hydroxylation is 1. The molecule has 1 fully saturated rings. The highest BCUT2D eigenvalue weighted by atomic mass is 32.2. The zero-order valence-corrected chi connectivity index (χ0v) is 20.8. The molecule has 0 aliphatic carbocycles. The summed E-state index contributed by atoms with van der Waals surface area (Å²) in [5, 5.41) is 15.4. The van der Waals surface area contributed by atoms with Crippen LogP contribution in [-0.2, 0) is 24.2 Å². The predicted octanol–water partition coefficient (Wildman–Crippen LogP) is 5.85. The van der Waals surface area contributed by atoms with Gasteiger partial charge in [0.2, 0.25) is 0 Å². The van der Waals surface area contributed by atoms with Crippen molar-refractivity contribution in [1.29, 1.82) is 0 Å². The summed E-state index contributed by atoms with van der Waals surface area (Å²) in [6, 6.07) is 20.6. The van der Waals surface area contributed by atoms with Crippen molar-refractivity contribution in [1.82, 2.24) is 5.32 Å². The van der Waals surface area contributed by atoms with Gasteiger partial charge in [0, 0.05) is 5.69 Å². The van der Waals surface area contributed by atoms with Gasteiger partial charge in [-0.15, -0.1) is 6.58 Å². The Bertz CT molecular complexity index is 1280. The Morgan fingerprint density at radius 3 is 2.50 bits per heavy atom. The number of carbonyl (C=O) groups is 2. The average Bonchev–Trinajstić information content (AvgIpc) is 3.22. The molecule has 0 bridgehead atoms. The first-order valence-corrected chi connectivity index (χ1v) is 12.6. The van der Waals surface area contributed by atoms with E-state index in [0.29, 0.717) is 17.9 Å². The lowest BCUT2D eigenvalue weighted by molar-refractivity contribution is -0.116. The lowest BCUT2D eigenvalue weighted by atomic mass is 10.1. The molecule has 1 atom stereocenters. The number of nitrogens with one attached hydrogen (secondary N) is 2. The van der Waals surface area contributed by atoms with Crippen LogP contribution in [0, 0.1) is 0 Å². The summed E-state index contributed by atoms with van der Waals surface area (Å²) in [7, 11) is 0. The standard InChI is InChI=1S/C29H28N2O4S/c1-3-5-23-16-21(10-15-25(23)35-18-20-6-11-22(12-7-20)28(33)34)17-26-27(32)31-29(36-26)30-24-13-8-19(4-2)9-14-24/h3,6-17,29-30H,1,4-5,18H2,2H3,(H,31,32)(H,33,34)/b26-17-/t29-/m1/s1. The third-order valence-electron chi connectivity index (χ3n) is 5.73. The van der Waals surface area contributed by atoms with Crippen LogP contribution in [0.25, 0.3) is 6.08 Å². The van der Waals surface area contributed by atoms with E-state index in [0.717, 1.165) is 34.5 Å². The van der Waals surface area contributed by atoms with E-state index in [-0.39, 0.29) is 17.0 Å². The Morgan fingerprint density at radius 1 is 1.11 bits per heavy atom. The van der Waals surface area contributed by atoms with Crippen LogP contribution >= 0.6 is 11.8 Å². The molecule has 6 nitrogen and oxygen atoms in total. The number of allylic oxidation sites excluding steroid dienone is 1. The number of hydrogen-bond donors (Lipinski definition) is 3.